The molecule has 1 amide bonds. The minimum atomic E-state index is -0.372. The van der Waals surface area contributed by atoms with Gasteiger partial charge in [0.2, 0.25) is 0 Å². The van der Waals surface area contributed by atoms with Crippen molar-refractivity contribution in [1.82, 2.24) is 9.91 Å². The summed E-state index contributed by atoms with van der Waals surface area (Å²) in [7, 11) is 0. The van der Waals surface area contributed by atoms with Crippen LogP contribution in [0.2, 0.25) is 0 Å². The van der Waals surface area contributed by atoms with E-state index in [0.717, 1.165) is 11.1 Å². The quantitative estimate of drug-likeness (QED) is 0.538. The second kappa shape index (κ2) is 9.92. The number of carbonyl (C=O) groups is 1. The Morgan fingerprint density at radius 3 is 2.11 bits per heavy atom. The second-order valence-corrected chi connectivity index (χ2v) is 8.78. The van der Waals surface area contributed by atoms with E-state index in [1.54, 1.807) is 36.4 Å². The predicted molar refractivity (Wildman–Crippen MR) is 129 cm³/mol. The summed E-state index contributed by atoms with van der Waals surface area (Å²) < 4.78 is 41.1. The van der Waals surface area contributed by atoms with Crippen molar-refractivity contribution in [3.8, 4) is 0 Å². The fraction of sp³-hybridized carbons (Fsp3) is 0.259. The largest absolute Gasteiger partial charge is 0.367 e. The monoisotopic (exact) mass is 478 g/mol. The molecular weight excluding hydrogens is 453 g/mol. The summed E-state index contributed by atoms with van der Waals surface area (Å²) in [6, 6.07) is 18.4. The molecule has 1 saturated heterocycles. The Morgan fingerprint density at radius 1 is 0.829 bits per heavy atom. The van der Waals surface area contributed by atoms with Gasteiger partial charge in [0.15, 0.2) is 0 Å². The number of hydrazone groups is 1. The first kappa shape index (κ1) is 23.1. The van der Waals surface area contributed by atoms with Crippen LogP contribution in [0.5, 0.6) is 0 Å². The number of anilines is 1. The van der Waals surface area contributed by atoms with Gasteiger partial charge >= 0.3 is 0 Å². The van der Waals surface area contributed by atoms with Crippen LogP contribution in [0.3, 0.4) is 0 Å². The Hall–Kier alpha value is -3.65. The van der Waals surface area contributed by atoms with Gasteiger partial charge in [-0.2, -0.15) is 5.10 Å². The molecule has 5 rings (SSSR count). The highest BCUT2D eigenvalue weighted by atomic mass is 19.1. The molecule has 3 aromatic rings. The number of halogens is 3. The Morgan fingerprint density at radius 2 is 1.46 bits per heavy atom. The average molecular weight is 479 g/mol. The molecule has 180 valence electrons. The molecule has 0 saturated carbocycles. The maximum Gasteiger partial charge on any atom is 0.257 e. The summed E-state index contributed by atoms with van der Waals surface area (Å²) in [6.45, 7) is 2.62. The van der Waals surface area contributed by atoms with Gasteiger partial charge in [-0.1, -0.05) is 36.4 Å². The van der Waals surface area contributed by atoms with Gasteiger partial charge in [0, 0.05) is 32.6 Å². The molecule has 3 aromatic carbocycles. The van der Waals surface area contributed by atoms with Crippen LogP contribution in [0.4, 0.5) is 18.9 Å². The average Bonchev–Trinajstić information content (AvgIpc) is 3.31. The van der Waals surface area contributed by atoms with Gasteiger partial charge in [-0.05, 0) is 47.5 Å². The number of para-hydroxylation sites is 1. The summed E-state index contributed by atoms with van der Waals surface area (Å²) >= 11 is 0. The fourth-order valence-corrected chi connectivity index (χ4v) is 4.62. The first-order valence-corrected chi connectivity index (χ1v) is 11.6. The van der Waals surface area contributed by atoms with Crippen LogP contribution in [-0.2, 0) is 4.79 Å². The zero-order valence-electron chi connectivity index (χ0n) is 19.1. The van der Waals surface area contributed by atoms with Gasteiger partial charge in [0.25, 0.3) is 5.91 Å². The summed E-state index contributed by atoms with van der Waals surface area (Å²) in [5.41, 5.74) is 2.78. The Labute approximate surface area is 202 Å². The third kappa shape index (κ3) is 5.07. The summed E-state index contributed by atoms with van der Waals surface area (Å²) in [5, 5.41) is 6.07. The van der Waals surface area contributed by atoms with Crippen LogP contribution in [0.15, 0.2) is 77.9 Å². The molecule has 0 bridgehead atoms. The maximum atomic E-state index is 14.1. The lowest BCUT2D eigenvalue weighted by atomic mass is 9.98. The van der Waals surface area contributed by atoms with Gasteiger partial charge in [-0.3, -0.25) is 9.69 Å². The number of rotatable bonds is 5. The van der Waals surface area contributed by atoms with Gasteiger partial charge in [0.1, 0.15) is 17.5 Å². The Bertz CT molecular complexity index is 1220. The van der Waals surface area contributed by atoms with Crippen molar-refractivity contribution in [2.75, 3.05) is 37.6 Å². The minimum absolute atomic E-state index is 0.170. The lowest BCUT2D eigenvalue weighted by Gasteiger charge is -2.36. The van der Waals surface area contributed by atoms with Gasteiger partial charge < -0.3 is 4.90 Å². The molecule has 2 aliphatic heterocycles. The maximum absolute atomic E-state index is 14.1. The highest BCUT2D eigenvalue weighted by Gasteiger charge is 2.34. The zero-order chi connectivity index (χ0) is 24.4. The van der Waals surface area contributed by atoms with Gasteiger partial charge in [-0.15, -0.1) is 0 Å². The summed E-state index contributed by atoms with van der Waals surface area (Å²) in [5.74, 6) is -1.11. The van der Waals surface area contributed by atoms with E-state index in [0.29, 0.717) is 44.0 Å². The first-order valence-electron chi connectivity index (χ1n) is 11.6. The van der Waals surface area contributed by atoms with E-state index in [9.17, 15) is 18.0 Å². The summed E-state index contributed by atoms with van der Waals surface area (Å²) in [4.78, 5) is 17.4. The van der Waals surface area contributed by atoms with Crippen LogP contribution in [0.25, 0.3) is 0 Å². The second-order valence-electron chi connectivity index (χ2n) is 8.78. The van der Waals surface area contributed by atoms with E-state index in [1.165, 1.54) is 35.3 Å². The first-order chi connectivity index (χ1) is 17.0. The summed E-state index contributed by atoms with van der Waals surface area (Å²) in [6.07, 6.45) is 0.448. The van der Waals surface area contributed by atoms with Crippen molar-refractivity contribution < 1.29 is 18.0 Å². The molecule has 1 atom stereocenters. The van der Waals surface area contributed by atoms with Crippen LogP contribution >= 0.6 is 0 Å². The molecule has 0 spiro atoms. The minimum Gasteiger partial charge on any atom is -0.367 e. The van der Waals surface area contributed by atoms with E-state index < -0.39 is 0 Å². The molecule has 5 nitrogen and oxygen atoms in total. The molecule has 2 aliphatic rings. The molecule has 1 fully saturated rings. The highest BCUT2D eigenvalue weighted by Crippen LogP contribution is 2.33. The number of carbonyl (C=O) groups excluding carboxylic acids is 1. The highest BCUT2D eigenvalue weighted by molar-refractivity contribution is 6.03. The van der Waals surface area contributed by atoms with Crippen molar-refractivity contribution in [3.05, 3.63) is 101 Å². The van der Waals surface area contributed by atoms with Crippen LogP contribution in [0.1, 0.15) is 23.6 Å². The van der Waals surface area contributed by atoms with Crippen LogP contribution in [0, 0.1) is 17.5 Å². The molecule has 8 heteroatoms. The number of benzene rings is 3. The molecule has 0 N–H and O–H groups in total. The van der Waals surface area contributed by atoms with E-state index in [-0.39, 0.29) is 35.9 Å². The number of hydrogen-bond donors (Lipinski definition) is 0. The Balaban J connectivity index is 1.30. The van der Waals surface area contributed by atoms with Crippen molar-refractivity contribution in [2.24, 2.45) is 5.10 Å². The molecular formula is C27H25F3N4O. The smallest absolute Gasteiger partial charge is 0.257 e. The van der Waals surface area contributed by atoms with E-state index in [4.69, 9.17) is 0 Å². The zero-order valence-corrected chi connectivity index (χ0v) is 19.1. The SMILES string of the molecule is O=C(CN1CCN(c2ccccc2F)CC1)N1N=C(c2ccc(F)cc2)C[C@@H]1c1ccc(F)cc1. The third-order valence-corrected chi connectivity index (χ3v) is 6.52. The van der Waals surface area contributed by atoms with Crippen molar-refractivity contribution in [1.29, 1.82) is 0 Å². The van der Waals surface area contributed by atoms with Crippen LogP contribution in [-0.4, -0.2) is 54.3 Å². The number of piperazine rings is 1. The lowest BCUT2D eigenvalue weighted by Crippen LogP contribution is -2.49. The van der Waals surface area contributed by atoms with E-state index in [1.807, 2.05) is 15.9 Å². The lowest BCUT2D eigenvalue weighted by molar-refractivity contribution is -0.134. The standard InChI is InChI=1S/C27H25F3N4O/c28-21-9-5-19(6-10-21)24-17-26(20-7-11-22(29)12-8-20)34(31-24)27(35)18-32-13-15-33(16-14-32)25-4-2-1-3-23(25)30/h1-12,26H,13-18H2/t26-/m1/s1. The van der Waals surface area contributed by atoms with Crippen LogP contribution < -0.4 is 4.90 Å². The number of hydrogen-bond acceptors (Lipinski definition) is 4. The predicted octanol–water partition coefficient (Wildman–Crippen LogP) is 4.60. The molecule has 2 heterocycles. The molecule has 0 unspecified atom stereocenters. The normalized spacial score (nSPS) is 18.6. The third-order valence-electron chi connectivity index (χ3n) is 6.52. The topological polar surface area (TPSA) is 39.2 Å². The van der Waals surface area contributed by atoms with Crippen molar-refractivity contribution in [3.63, 3.8) is 0 Å². The van der Waals surface area contributed by atoms with E-state index >= 15 is 0 Å². The van der Waals surface area contributed by atoms with Crippen molar-refractivity contribution >= 4 is 17.3 Å². The molecule has 0 radical (unpaired) electrons. The van der Waals surface area contributed by atoms with Gasteiger partial charge in [0.05, 0.1) is 24.0 Å². The molecule has 0 aliphatic carbocycles. The van der Waals surface area contributed by atoms with E-state index in [2.05, 4.69) is 5.10 Å². The number of amides is 1. The fourth-order valence-electron chi connectivity index (χ4n) is 4.62. The number of nitrogens with zero attached hydrogens (tertiary/aromatic N) is 4. The Kier molecular flexibility index (Phi) is 6.55. The molecule has 35 heavy (non-hydrogen) atoms. The van der Waals surface area contributed by atoms with Crippen molar-refractivity contribution in [2.45, 2.75) is 12.5 Å². The molecule has 0 aromatic heterocycles. The van der Waals surface area contributed by atoms with Gasteiger partial charge in [-0.25, -0.2) is 18.2 Å².